The maximum absolute atomic E-state index is 14.7. The van der Waals surface area contributed by atoms with E-state index in [2.05, 4.69) is 5.32 Å². The number of nitrogens with zero attached hydrogens (tertiary/aromatic N) is 2. The van der Waals surface area contributed by atoms with Gasteiger partial charge in [-0.3, -0.25) is 13.9 Å². The van der Waals surface area contributed by atoms with E-state index in [9.17, 15) is 22.4 Å². The summed E-state index contributed by atoms with van der Waals surface area (Å²) in [6.45, 7) is 7.84. The van der Waals surface area contributed by atoms with Crippen LogP contribution in [0.15, 0.2) is 77.7 Å². The molecule has 0 saturated heterocycles. The van der Waals surface area contributed by atoms with E-state index in [0.29, 0.717) is 0 Å². The van der Waals surface area contributed by atoms with Crippen molar-refractivity contribution in [3.8, 4) is 5.75 Å². The summed E-state index contributed by atoms with van der Waals surface area (Å²) < 4.78 is 49.0. The summed E-state index contributed by atoms with van der Waals surface area (Å²) in [7, 11) is -2.85. The molecule has 0 aliphatic rings. The van der Waals surface area contributed by atoms with Gasteiger partial charge in [-0.15, -0.1) is 0 Å². The minimum Gasteiger partial charge on any atom is -0.495 e. The third-order valence-electron chi connectivity index (χ3n) is 6.18. The van der Waals surface area contributed by atoms with Crippen LogP contribution in [0.5, 0.6) is 5.75 Å². The van der Waals surface area contributed by atoms with Gasteiger partial charge in [-0.1, -0.05) is 42.5 Å². The van der Waals surface area contributed by atoms with Crippen molar-refractivity contribution in [1.82, 2.24) is 10.2 Å². The summed E-state index contributed by atoms with van der Waals surface area (Å²) in [5.74, 6) is -1.44. The van der Waals surface area contributed by atoms with E-state index in [1.54, 1.807) is 70.2 Å². The maximum atomic E-state index is 14.7. The van der Waals surface area contributed by atoms with Crippen molar-refractivity contribution in [2.45, 2.75) is 57.6 Å². The molecular formula is C30H36FN3O5S. The van der Waals surface area contributed by atoms with Crippen molar-refractivity contribution in [3.63, 3.8) is 0 Å². The zero-order valence-corrected chi connectivity index (χ0v) is 24.5. The Morgan fingerprint density at radius 2 is 1.62 bits per heavy atom. The highest BCUT2D eigenvalue weighted by Gasteiger charge is 2.34. The second kappa shape index (κ2) is 12.5. The van der Waals surface area contributed by atoms with Crippen LogP contribution in [-0.2, 0) is 26.2 Å². The Labute approximate surface area is 235 Å². The van der Waals surface area contributed by atoms with Crippen LogP contribution >= 0.6 is 0 Å². The molecule has 1 atom stereocenters. The number of anilines is 1. The molecule has 0 radical (unpaired) electrons. The fourth-order valence-corrected chi connectivity index (χ4v) is 5.53. The lowest BCUT2D eigenvalue weighted by Gasteiger charge is -2.34. The number of hydrogen-bond donors (Lipinski definition) is 1. The highest BCUT2D eigenvalue weighted by Crippen LogP contribution is 2.33. The molecule has 214 valence electrons. The van der Waals surface area contributed by atoms with Crippen LogP contribution in [0, 0.1) is 12.7 Å². The molecule has 2 amide bonds. The number of nitrogens with one attached hydrogen (secondary N) is 1. The van der Waals surface area contributed by atoms with E-state index in [4.69, 9.17) is 4.74 Å². The molecule has 3 rings (SSSR count). The van der Waals surface area contributed by atoms with Crippen molar-refractivity contribution < 1.29 is 27.1 Å². The van der Waals surface area contributed by atoms with Gasteiger partial charge in [-0.2, -0.15) is 0 Å². The van der Waals surface area contributed by atoms with Gasteiger partial charge < -0.3 is 15.0 Å². The lowest BCUT2D eigenvalue weighted by molar-refractivity contribution is -0.140. The third kappa shape index (κ3) is 7.38. The van der Waals surface area contributed by atoms with Gasteiger partial charge in [0, 0.05) is 17.6 Å². The molecule has 0 unspecified atom stereocenters. The molecule has 3 aromatic rings. The molecule has 0 spiro atoms. The quantitative estimate of drug-likeness (QED) is 0.383. The van der Waals surface area contributed by atoms with Gasteiger partial charge >= 0.3 is 0 Å². The zero-order valence-electron chi connectivity index (χ0n) is 23.6. The monoisotopic (exact) mass is 569 g/mol. The summed E-state index contributed by atoms with van der Waals surface area (Å²) in [5, 5.41) is 2.84. The summed E-state index contributed by atoms with van der Waals surface area (Å²) in [5.41, 5.74) is 0.516. The molecule has 10 heteroatoms. The SMILES string of the molecule is COc1ccc(C)cc1N(CC(=O)N(Cc1ccccc1F)[C@@H](C)C(=O)NC(C)(C)C)S(=O)(=O)c1ccccc1. The first kappa shape index (κ1) is 30.6. The molecule has 0 aliphatic carbocycles. The number of rotatable bonds is 10. The number of aryl methyl sites for hydroxylation is 1. The zero-order chi connectivity index (χ0) is 29.7. The lowest BCUT2D eigenvalue weighted by atomic mass is 10.1. The number of halogens is 1. The second-order valence-electron chi connectivity index (χ2n) is 10.5. The van der Waals surface area contributed by atoms with E-state index in [-0.39, 0.29) is 28.4 Å². The number of hydrogen-bond acceptors (Lipinski definition) is 5. The Balaban J connectivity index is 2.11. The molecule has 0 aliphatic heterocycles. The molecule has 0 heterocycles. The smallest absolute Gasteiger partial charge is 0.264 e. The number of sulfonamides is 1. The maximum Gasteiger partial charge on any atom is 0.264 e. The number of benzene rings is 3. The van der Waals surface area contributed by atoms with Crippen molar-refractivity contribution in [2.24, 2.45) is 0 Å². The second-order valence-corrected chi connectivity index (χ2v) is 12.4. The minimum absolute atomic E-state index is 0.0227. The van der Waals surface area contributed by atoms with E-state index >= 15 is 0 Å². The molecule has 0 aromatic heterocycles. The molecule has 0 bridgehead atoms. The van der Waals surface area contributed by atoms with E-state index in [0.717, 1.165) is 9.87 Å². The fourth-order valence-electron chi connectivity index (χ4n) is 4.09. The van der Waals surface area contributed by atoms with Crippen LogP contribution in [0.25, 0.3) is 0 Å². The van der Waals surface area contributed by atoms with Crippen molar-refractivity contribution in [2.75, 3.05) is 18.0 Å². The lowest BCUT2D eigenvalue weighted by Crippen LogP contribution is -2.54. The van der Waals surface area contributed by atoms with Gasteiger partial charge in [0.25, 0.3) is 10.0 Å². The number of ether oxygens (including phenoxy) is 1. The minimum atomic E-state index is -4.26. The van der Waals surface area contributed by atoms with E-state index in [1.807, 2.05) is 0 Å². The summed E-state index contributed by atoms with van der Waals surface area (Å²) in [4.78, 5) is 28.3. The predicted molar refractivity (Wildman–Crippen MR) is 153 cm³/mol. The molecule has 3 aromatic carbocycles. The average molecular weight is 570 g/mol. The number of carbonyl (C=O) groups is 2. The largest absolute Gasteiger partial charge is 0.495 e. The summed E-state index contributed by atoms with van der Waals surface area (Å²) >= 11 is 0. The predicted octanol–water partition coefficient (Wildman–Crippen LogP) is 4.67. The first-order valence-corrected chi connectivity index (χ1v) is 14.3. The normalized spacial score (nSPS) is 12.4. The Bertz CT molecular complexity index is 1460. The first-order valence-electron chi connectivity index (χ1n) is 12.8. The standard InChI is InChI=1S/C30H36FN3O5S/c1-21-16-17-27(39-6)26(18-21)34(40(37,38)24-13-8-7-9-14-24)20-28(35)33(19-23-12-10-11-15-25(23)31)22(2)29(36)32-30(3,4)5/h7-18,22H,19-20H2,1-6H3,(H,32,36)/t22-/m0/s1. The topological polar surface area (TPSA) is 96.0 Å². The Morgan fingerprint density at radius 1 is 1.00 bits per heavy atom. The summed E-state index contributed by atoms with van der Waals surface area (Å²) in [6.07, 6.45) is 0. The third-order valence-corrected chi connectivity index (χ3v) is 7.95. The van der Waals surface area contributed by atoms with Crippen LogP contribution < -0.4 is 14.4 Å². The first-order chi connectivity index (χ1) is 18.7. The van der Waals surface area contributed by atoms with E-state index in [1.165, 1.54) is 49.3 Å². The van der Waals surface area contributed by atoms with Crippen LogP contribution in [-0.4, -0.2) is 50.4 Å². The van der Waals surface area contributed by atoms with Crippen LogP contribution in [0.3, 0.4) is 0 Å². The van der Waals surface area contributed by atoms with Gasteiger partial charge in [-0.25, -0.2) is 12.8 Å². The van der Waals surface area contributed by atoms with Crippen molar-refractivity contribution in [1.29, 1.82) is 0 Å². The molecular weight excluding hydrogens is 533 g/mol. The van der Waals surface area contributed by atoms with Gasteiger partial charge in [0.1, 0.15) is 24.2 Å². The van der Waals surface area contributed by atoms with Gasteiger partial charge in [0.15, 0.2) is 0 Å². The van der Waals surface area contributed by atoms with Crippen molar-refractivity contribution in [3.05, 3.63) is 89.7 Å². The van der Waals surface area contributed by atoms with Gasteiger partial charge in [-0.05, 0) is 70.5 Å². The van der Waals surface area contributed by atoms with Gasteiger partial charge in [0.05, 0.1) is 17.7 Å². The number of methoxy groups -OCH3 is 1. The Morgan fingerprint density at radius 3 is 2.23 bits per heavy atom. The van der Waals surface area contributed by atoms with Crippen LogP contribution in [0.4, 0.5) is 10.1 Å². The number of amides is 2. The highest BCUT2D eigenvalue weighted by molar-refractivity contribution is 7.92. The number of carbonyl (C=O) groups excluding carboxylic acids is 2. The Hall–Kier alpha value is -3.92. The molecule has 8 nitrogen and oxygen atoms in total. The van der Waals surface area contributed by atoms with Crippen LogP contribution in [0.2, 0.25) is 0 Å². The molecule has 0 fully saturated rings. The molecule has 0 saturated carbocycles. The van der Waals surface area contributed by atoms with Crippen LogP contribution in [0.1, 0.15) is 38.8 Å². The van der Waals surface area contributed by atoms with Gasteiger partial charge in [0.2, 0.25) is 11.8 Å². The average Bonchev–Trinajstić information content (AvgIpc) is 2.90. The van der Waals surface area contributed by atoms with E-state index < -0.39 is 45.8 Å². The van der Waals surface area contributed by atoms with Crippen molar-refractivity contribution >= 4 is 27.5 Å². The molecule has 40 heavy (non-hydrogen) atoms. The summed E-state index contributed by atoms with van der Waals surface area (Å²) in [6, 6.07) is 17.6. The Kier molecular flexibility index (Phi) is 9.57. The highest BCUT2D eigenvalue weighted by atomic mass is 32.2. The molecule has 1 N–H and O–H groups in total. The fraction of sp³-hybridized carbons (Fsp3) is 0.333.